The summed E-state index contributed by atoms with van der Waals surface area (Å²) in [5, 5.41) is 4.99. The van der Waals surface area contributed by atoms with Gasteiger partial charge >= 0.3 is 5.97 Å². The van der Waals surface area contributed by atoms with Crippen molar-refractivity contribution in [3.8, 4) is 5.75 Å². The van der Waals surface area contributed by atoms with Gasteiger partial charge in [-0.05, 0) is 26.0 Å². The molecule has 0 bridgehead atoms. The Morgan fingerprint density at radius 1 is 1.29 bits per heavy atom. The summed E-state index contributed by atoms with van der Waals surface area (Å²) in [7, 11) is 0. The summed E-state index contributed by atoms with van der Waals surface area (Å²) in [4.78, 5) is 12.1. The largest absolute Gasteiger partial charge is 0.489 e. The van der Waals surface area contributed by atoms with Crippen molar-refractivity contribution in [1.82, 2.24) is 9.61 Å². The zero-order valence-corrected chi connectivity index (χ0v) is 14.2. The van der Waals surface area contributed by atoms with E-state index in [4.69, 9.17) is 21.1 Å². The lowest BCUT2D eigenvalue weighted by Crippen LogP contribution is -2.05. The number of carbonyl (C=O) groups excluding carboxylic acids is 1. The molecule has 0 saturated heterocycles. The fourth-order valence-corrected chi connectivity index (χ4v) is 2.66. The van der Waals surface area contributed by atoms with Gasteiger partial charge in [0.15, 0.2) is 0 Å². The minimum Gasteiger partial charge on any atom is -0.489 e. The molecule has 0 aliphatic rings. The van der Waals surface area contributed by atoms with Crippen LogP contribution in [0.2, 0.25) is 5.02 Å². The van der Waals surface area contributed by atoms with Crippen LogP contribution in [-0.4, -0.2) is 22.2 Å². The molecule has 3 aromatic rings. The quantitative estimate of drug-likeness (QED) is 0.655. The summed E-state index contributed by atoms with van der Waals surface area (Å²) in [6, 6.07) is 11.1. The van der Waals surface area contributed by atoms with Crippen molar-refractivity contribution < 1.29 is 14.3 Å². The maximum absolute atomic E-state index is 12.1. The number of pyridine rings is 1. The maximum atomic E-state index is 12.1. The number of ether oxygens (including phenoxy) is 2. The van der Waals surface area contributed by atoms with Crippen LogP contribution in [0.5, 0.6) is 5.75 Å². The number of hydrogen-bond donors (Lipinski definition) is 0. The molecule has 0 saturated carbocycles. The number of halogens is 1. The van der Waals surface area contributed by atoms with E-state index < -0.39 is 0 Å². The van der Waals surface area contributed by atoms with E-state index in [9.17, 15) is 4.79 Å². The van der Waals surface area contributed by atoms with Crippen LogP contribution >= 0.6 is 11.6 Å². The van der Waals surface area contributed by atoms with Gasteiger partial charge in [0.05, 0.1) is 17.8 Å². The summed E-state index contributed by atoms with van der Waals surface area (Å²) in [6.07, 6.45) is 1.76. The number of hydrogen-bond acceptors (Lipinski definition) is 4. The first kappa shape index (κ1) is 16.3. The smallest absolute Gasteiger partial charge is 0.342 e. The third-order valence-corrected chi connectivity index (χ3v) is 3.98. The van der Waals surface area contributed by atoms with Crippen molar-refractivity contribution in [2.24, 2.45) is 0 Å². The molecule has 0 aliphatic carbocycles. The first-order valence-corrected chi connectivity index (χ1v) is 8.00. The molecule has 6 heteroatoms. The van der Waals surface area contributed by atoms with Crippen molar-refractivity contribution in [1.29, 1.82) is 0 Å². The van der Waals surface area contributed by atoms with E-state index in [1.807, 2.05) is 24.3 Å². The molecule has 1 aromatic carbocycles. The summed E-state index contributed by atoms with van der Waals surface area (Å²) >= 11 is 6.14. The van der Waals surface area contributed by atoms with Crippen molar-refractivity contribution >= 4 is 23.1 Å². The van der Waals surface area contributed by atoms with Crippen LogP contribution in [0.4, 0.5) is 0 Å². The van der Waals surface area contributed by atoms with Gasteiger partial charge in [-0.1, -0.05) is 29.8 Å². The Morgan fingerprint density at radius 3 is 2.83 bits per heavy atom. The highest BCUT2D eigenvalue weighted by Crippen LogP contribution is 2.23. The van der Waals surface area contributed by atoms with Gasteiger partial charge in [0.1, 0.15) is 17.9 Å². The highest BCUT2D eigenvalue weighted by atomic mass is 35.5. The Labute approximate surface area is 144 Å². The predicted octanol–water partition coefficient (Wildman–Crippen LogP) is 4.05. The topological polar surface area (TPSA) is 52.8 Å². The lowest BCUT2D eigenvalue weighted by Gasteiger charge is -2.08. The molecule has 0 unspecified atom stereocenters. The van der Waals surface area contributed by atoms with Crippen LogP contribution in [0.3, 0.4) is 0 Å². The van der Waals surface area contributed by atoms with Crippen molar-refractivity contribution in [3.05, 3.63) is 64.4 Å². The Bertz CT molecular complexity index is 889. The summed E-state index contributed by atoms with van der Waals surface area (Å²) in [5.41, 5.74) is 2.63. The average molecular weight is 345 g/mol. The molecule has 2 aromatic heterocycles. The van der Waals surface area contributed by atoms with Crippen molar-refractivity contribution in [2.45, 2.75) is 20.5 Å². The summed E-state index contributed by atoms with van der Waals surface area (Å²) in [6.45, 7) is 4.22. The minimum atomic E-state index is -0.381. The van der Waals surface area contributed by atoms with Crippen LogP contribution in [0, 0.1) is 6.92 Å². The van der Waals surface area contributed by atoms with Crippen LogP contribution in [-0.2, 0) is 11.3 Å². The molecule has 0 amide bonds. The lowest BCUT2D eigenvalue weighted by molar-refractivity contribution is 0.0528. The zero-order valence-electron chi connectivity index (χ0n) is 13.5. The molecular formula is C18H17ClN2O3. The number of fused-ring (bicyclic) bond motifs is 1. The molecule has 0 spiro atoms. The fourth-order valence-electron chi connectivity index (χ4n) is 2.47. The van der Waals surface area contributed by atoms with Gasteiger partial charge < -0.3 is 9.47 Å². The number of aryl methyl sites for hydroxylation is 1. The van der Waals surface area contributed by atoms with Gasteiger partial charge in [-0.25, -0.2) is 9.31 Å². The van der Waals surface area contributed by atoms with Gasteiger partial charge in [0, 0.05) is 22.8 Å². The normalized spacial score (nSPS) is 10.8. The van der Waals surface area contributed by atoms with Crippen LogP contribution in [0.25, 0.3) is 5.52 Å². The van der Waals surface area contributed by atoms with E-state index in [1.165, 1.54) is 0 Å². The van der Waals surface area contributed by atoms with Crippen LogP contribution in [0.1, 0.15) is 28.5 Å². The number of rotatable bonds is 5. The second-order valence-electron chi connectivity index (χ2n) is 5.25. The molecule has 3 rings (SSSR count). The Morgan fingerprint density at radius 2 is 2.08 bits per heavy atom. The number of benzene rings is 1. The van der Waals surface area contributed by atoms with E-state index in [-0.39, 0.29) is 5.97 Å². The number of aromatic nitrogens is 2. The first-order valence-electron chi connectivity index (χ1n) is 7.62. The van der Waals surface area contributed by atoms with E-state index in [2.05, 4.69) is 5.10 Å². The number of esters is 1. The van der Waals surface area contributed by atoms with E-state index in [0.29, 0.717) is 40.8 Å². The molecule has 0 aliphatic heterocycles. The first-order chi connectivity index (χ1) is 11.6. The van der Waals surface area contributed by atoms with Crippen LogP contribution < -0.4 is 4.74 Å². The molecule has 2 heterocycles. The van der Waals surface area contributed by atoms with Gasteiger partial charge in [0.25, 0.3) is 0 Å². The molecular weight excluding hydrogens is 328 g/mol. The van der Waals surface area contributed by atoms with E-state index in [0.717, 1.165) is 5.56 Å². The van der Waals surface area contributed by atoms with E-state index >= 15 is 0 Å². The summed E-state index contributed by atoms with van der Waals surface area (Å²) < 4.78 is 12.6. The summed E-state index contributed by atoms with van der Waals surface area (Å²) in [5.74, 6) is 0.251. The SMILES string of the molecule is CCOC(=O)c1c(C)nn2ccc(OCc3ccccc3Cl)cc12. The molecule has 0 N–H and O–H groups in total. The number of carbonyl (C=O) groups is 1. The third-order valence-electron chi connectivity index (χ3n) is 3.61. The Hall–Kier alpha value is -2.53. The minimum absolute atomic E-state index is 0.318. The van der Waals surface area contributed by atoms with Gasteiger partial charge in [-0.3, -0.25) is 0 Å². The molecule has 0 atom stereocenters. The van der Waals surface area contributed by atoms with Gasteiger partial charge in [0.2, 0.25) is 0 Å². The zero-order chi connectivity index (χ0) is 17.1. The lowest BCUT2D eigenvalue weighted by atomic mass is 10.2. The molecule has 5 nitrogen and oxygen atoms in total. The fraction of sp³-hybridized carbons (Fsp3) is 0.222. The second kappa shape index (κ2) is 6.93. The van der Waals surface area contributed by atoms with Crippen molar-refractivity contribution in [2.75, 3.05) is 6.61 Å². The highest BCUT2D eigenvalue weighted by molar-refractivity contribution is 6.31. The second-order valence-corrected chi connectivity index (χ2v) is 5.66. The molecule has 24 heavy (non-hydrogen) atoms. The Balaban J connectivity index is 1.89. The molecule has 0 fully saturated rings. The average Bonchev–Trinajstić information content (AvgIpc) is 2.89. The monoisotopic (exact) mass is 344 g/mol. The number of nitrogens with zero attached hydrogens (tertiary/aromatic N) is 2. The van der Waals surface area contributed by atoms with Crippen molar-refractivity contribution in [3.63, 3.8) is 0 Å². The molecule has 0 radical (unpaired) electrons. The van der Waals surface area contributed by atoms with Crippen LogP contribution in [0.15, 0.2) is 42.6 Å². The highest BCUT2D eigenvalue weighted by Gasteiger charge is 2.18. The van der Waals surface area contributed by atoms with Gasteiger partial charge in [-0.15, -0.1) is 0 Å². The Kier molecular flexibility index (Phi) is 4.71. The third kappa shape index (κ3) is 3.21. The molecule has 124 valence electrons. The standard InChI is InChI=1S/C18H17ClN2O3/c1-3-23-18(22)17-12(2)20-21-9-8-14(10-16(17)21)24-11-13-6-4-5-7-15(13)19/h4-10H,3,11H2,1-2H3. The maximum Gasteiger partial charge on any atom is 0.342 e. The van der Waals surface area contributed by atoms with E-state index in [1.54, 1.807) is 36.7 Å². The van der Waals surface area contributed by atoms with Gasteiger partial charge in [-0.2, -0.15) is 5.10 Å². The predicted molar refractivity (Wildman–Crippen MR) is 91.7 cm³/mol.